The second-order valence-electron chi connectivity index (χ2n) is 5.23. The third kappa shape index (κ3) is 3.33. The molecule has 22 heavy (non-hydrogen) atoms. The van der Waals surface area contributed by atoms with Gasteiger partial charge in [-0.25, -0.2) is 4.79 Å². The van der Waals surface area contributed by atoms with E-state index in [4.69, 9.17) is 0 Å². The Morgan fingerprint density at radius 1 is 1.32 bits per heavy atom. The smallest absolute Gasteiger partial charge is 0.326 e. The van der Waals surface area contributed by atoms with Crippen molar-refractivity contribution in [3.63, 3.8) is 0 Å². The lowest BCUT2D eigenvalue weighted by Crippen LogP contribution is -2.43. The topological polar surface area (TPSA) is 75.4 Å². The minimum Gasteiger partial charge on any atom is -0.480 e. The van der Waals surface area contributed by atoms with Crippen molar-refractivity contribution in [2.75, 3.05) is 0 Å². The molecule has 0 aliphatic heterocycles. The predicted molar refractivity (Wildman–Crippen MR) is 81.4 cm³/mol. The van der Waals surface area contributed by atoms with E-state index in [1.165, 1.54) is 11.8 Å². The van der Waals surface area contributed by atoms with Crippen LogP contribution in [0, 0.1) is 6.92 Å². The summed E-state index contributed by atoms with van der Waals surface area (Å²) in [5, 5.41) is 13.4. The van der Waals surface area contributed by atoms with Crippen molar-refractivity contribution in [1.82, 2.24) is 14.7 Å². The number of aromatic nitrogens is 2. The van der Waals surface area contributed by atoms with Crippen LogP contribution in [0.15, 0.2) is 36.4 Å². The number of benzene rings is 1. The minimum absolute atomic E-state index is 0.225. The van der Waals surface area contributed by atoms with E-state index >= 15 is 0 Å². The second kappa shape index (κ2) is 6.43. The van der Waals surface area contributed by atoms with E-state index in [2.05, 4.69) is 5.10 Å². The van der Waals surface area contributed by atoms with E-state index in [-0.39, 0.29) is 18.1 Å². The van der Waals surface area contributed by atoms with Crippen LogP contribution in [0.2, 0.25) is 0 Å². The summed E-state index contributed by atoms with van der Waals surface area (Å²) in [4.78, 5) is 25.3. The van der Waals surface area contributed by atoms with Crippen LogP contribution in [0.5, 0.6) is 0 Å². The number of carbonyl (C=O) groups excluding carboxylic acids is 1. The molecule has 1 atom stereocenters. The van der Waals surface area contributed by atoms with Crippen molar-refractivity contribution in [2.24, 2.45) is 7.05 Å². The van der Waals surface area contributed by atoms with Crippen molar-refractivity contribution in [3.8, 4) is 0 Å². The molecule has 0 radical (unpaired) electrons. The van der Waals surface area contributed by atoms with Gasteiger partial charge in [-0.05, 0) is 25.5 Å². The molecule has 0 bridgehead atoms. The zero-order valence-electron chi connectivity index (χ0n) is 12.9. The summed E-state index contributed by atoms with van der Waals surface area (Å²) >= 11 is 0. The Morgan fingerprint density at radius 2 is 1.95 bits per heavy atom. The van der Waals surface area contributed by atoms with Gasteiger partial charge in [-0.3, -0.25) is 9.48 Å². The Morgan fingerprint density at radius 3 is 2.45 bits per heavy atom. The molecule has 1 aromatic heterocycles. The van der Waals surface area contributed by atoms with Crippen molar-refractivity contribution in [2.45, 2.75) is 26.4 Å². The number of carboxylic acid groups (broad SMARTS) is 1. The Balaban J connectivity index is 2.31. The molecule has 1 aromatic carbocycles. The summed E-state index contributed by atoms with van der Waals surface area (Å²) in [6.45, 7) is 3.56. The number of aliphatic carboxylic acids is 1. The van der Waals surface area contributed by atoms with E-state index < -0.39 is 12.0 Å². The van der Waals surface area contributed by atoms with Crippen LogP contribution >= 0.6 is 0 Å². The summed E-state index contributed by atoms with van der Waals surface area (Å²) in [5.41, 5.74) is 1.96. The minimum atomic E-state index is -1.04. The third-order valence-corrected chi connectivity index (χ3v) is 3.61. The van der Waals surface area contributed by atoms with Gasteiger partial charge < -0.3 is 10.0 Å². The predicted octanol–water partition coefficient (Wildman–Crippen LogP) is 1.84. The van der Waals surface area contributed by atoms with Crippen LogP contribution in [0.1, 0.15) is 28.7 Å². The van der Waals surface area contributed by atoms with Gasteiger partial charge in [0.05, 0.1) is 0 Å². The van der Waals surface area contributed by atoms with Gasteiger partial charge in [0.25, 0.3) is 5.91 Å². The SMILES string of the molecule is Cc1cc(C(=O)N(Cc2ccccc2)[C@@H](C)C(=O)O)nn1C. The quantitative estimate of drug-likeness (QED) is 0.914. The lowest BCUT2D eigenvalue weighted by molar-refractivity contribution is -0.141. The van der Waals surface area contributed by atoms with Gasteiger partial charge in [-0.15, -0.1) is 0 Å². The van der Waals surface area contributed by atoms with Crippen molar-refractivity contribution in [3.05, 3.63) is 53.3 Å². The van der Waals surface area contributed by atoms with Gasteiger partial charge in [0, 0.05) is 19.3 Å². The lowest BCUT2D eigenvalue weighted by Gasteiger charge is -2.25. The highest BCUT2D eigenvalue weighted by atomic mass is 16.4. The first kappa shape index (κ1) is 15.8. The molecular weight excluding hydrogens is 282 g/mol. The van der Waals surface area contributed by atoms with E-state index in [9.17, 15) is 14.7 Å². The largest absolute Gasteiger partial charge is 0.480 e. The third-order valence-electron chi connectivity index (χ3n) is 3.61. The summed E-state index contributed by atoms with van der Waals surface area (Å²) in [5.74, 6) is -1.43. The first-order chi connectivity index (χ1) is 10.4. The van der Waals surface area contributed by atoms with Crippen LogP contribution in [-0.4, -0.2) is 37.7 Å². The first-order valence-corrected chi connectivity index (χ1v) is 6.98. The van der Waals surface area contributed by atoms with Crippen LogP contribution < -0.4 is 0 Å². The molecule has 0 aliphatic rings. The molecule has 6 nitrogen and oxygen atoms in total. The Labute approximate surface area is 129 Å². The molecule has 0 spiro atoms. The number of hydrogen-bond donors (Lipinski definition) is 1. The van der Waals surface area contributed by atoms with Crippen molar-refractivity contribution >= 4 is 11.9 Å². The molecule has 2 rings (SSSR count). The fourth-order valence-electron chi connectivity index (χ4n) is 2.11. The maximum atomic E-state index is 12.6. The summed E-state index contributed by atoms with van der Waals surface area (Å²) < 4.78 is 1.60. The molecule has 0 saturated carbocycles. The van der Waals surface area contributed by atoms with Gasteiger partial charge in [0.2, 0.25) is 0 Å². The first-order valence-electron chi connectivity index (χ1n) is 6.98. The zero-order valence-corrected chi connectivity index (χ0v) is 12.9. The molecule has 116 valence electrons. The maximum Gasteiger partial charge on any atom is 0.326 e. The molecule has 1 amide bonds. The second-order valence-corrected chi connectivity index (χ2v) is 5.23. The van der Waals surface area contributed by atoms with Crippen LogP contribution in [0.4, 0.5) is 0 Å². The number of nitrogens with zero attached hydrogens (tertiary/aromatic N) is 3. The normalized spacial score (nSPS) is 12.0. The van der Waals surface area contributed by atoms with Crippen LogP contribution in [0.25, 0.3) is 0 Å². The maximum absolute atomic E-state index is 12.6. The zero-order chi connectivity index (χ0) is 16.3. The molecule has 1 N–H and O–H groups in total. The Kier molecular flexibility index (Phi) is 4.60. The fraction of sp³-hybridized carbons (Fsp3) is 0.312. The monoisotopic (exact) mass is 301 g/mol. The number of aryl methyl sites for hydroxylation is 2. The summed E-state index contributed by atoms with van der Waals surface area (Å²) in [6, 6.07) is 10.0. The molecule has 0 saturated heterocycles. The summed E-state index contributed by atoms with van der Waals surface area (Å²) in [6.07, 6.45) is 0. The molecule has 2 aromatic rings. The standard InChI is InChI=1S/C16H19N3O3/c1-11-9-14(17-18(11)3)15(20)19(12(2)16(21)22)10-13-7-5-4-6-8-13/h4-9,12H,10H2,1-3H3,(H,21,22)/t12-/m0/s1. The van der Waals surface area contributed by atoms with Crippen molar-refractivity contribution in [1.29, 1.82) is 0 Å². The molecule has 0 unspecified atom stereocenters. The molecule has 0 fully saturated rings. The van der Waals surface area contributed by atoms with Gasteiger partial charge in [-0.1, -0.05) is 30.3 Å². The highest BCUT2D eigenvalue weighted by Crippen LogP contribution is 2.14. The number of rotatable bonds is 5. The average molecular weight is 301 g/mol. The van der Waals surface area contributed by atoms with Gasteiger partial charge >= 0.3 is 5.97 Å². The summed E-state index contributed by atoms with van der Waals surface area (Å²) in [7, 11) is 1.74. The number of hydrogen-bond acceptors (Lipinski definition) is 3. The molecule has 6 heteroatoms. The van der Waals surface area contributed by atoms with Crippen LogP contribution in [0.3, 0.4) is 0 Å². The number of amides is 1. The highest BCUT2D eigenvalue weighted by Gasteiger charge is 2.28. The number of carboxylic acids is 1. The highest BCUT2D eigenvalue weighted by molar-refractivity contribution is 5.95. The number of carbonyl (C=O) groups is 2. The van der Waals surface area contributed by atoms with E-state index in [0.29, 0.717) is 0 Å². The van der Waals surface area contributed by atoms with Gasteiger partial charge in [0.1, 0.15) is 6.04 Å². The van der Waals surface area contributed by atoms with Gasteiger partial charge in [-0.2, -0.15) is 5.10 Å². The van der Waals surface area contributed by atoms with E-state index in [1.807, 2.05) is 37.3 Å². The van der Waals surface area contributed by atoms with E-state index in [1.54, 1.807) is 17.8 Å². The molecule has 1 heterocycles. The fourth-order valence-corrected chi connectivity index (χ4v) is 2.11. The van der Waals surface area contributed by atoms with Crippen molar-refractivity contribution < 1.29 is 14.7 Å². The Hall–Kier alpha value is -2.63. The molecule has 0 aliphatic carbocycles. The van der Waals surface area contributed by atoms with E-state index in [0.717, 1.165) is 11.3 Å². The Bertz CT molecular complexity index is 660. The van der Waals surface area contributed by atoms with Gasteiger partial charge in [0.15, 0.2) is 5.69 Å². The lowest BCUT2D eigenvalue weighted by atomic mass is 10.1. The molecular formula is C16H19N3O3. The van der Waals surface area contributed by atoms with Crippen LogP contribution in [-0.2, 0) is 18.4 Å². The average Bonchev–Trinajstić information content (AvgIpc) is 2.84.